The van der Waals surface area contributed by atoms with Gasteiger partial charge in [-0.2, -0.15) is 5.10 Å². The molecule has 1 aromatic rings. The first-order valence-corrected chi connectivity index (χ1v) is 6.04. The van der Waals surface area contributed by atoms with E-state index in [1.807, 2.05) is 13.2 Å². The zero-order valence-corrected chi connectivity index (χ0v) is 9.58. The van der Waals surface area contributed by atoms with Gasteiger partial charge in [0.05, 0.1) is 6.20 Å². The lowest BCUT2D eigenvalue weighted by Gasteiger charge is -2.24. The molecule has 84 valence electrons. The maximum Gasteiger partial charge on any atom is 0.0521 e. The Labute approximate surface area is 91.9 Å². The molecule has 3 nitrogen and oxygen atoms in total. The highest BCUT2D eigenvalue weighted by Crippen LogP contribution is 2.27. The van der Waals surface area contributed by atoms with E-state index in [1.165, 1.54) is 31.2 Å². The Morgan fingerprint density at radius 1 is 1.53 bits per heavy atom. The monoisotopic (exact) mass is 207 g/mol. The van der Waals surface area contributed by atoms with Crippen molar-refractivity contribution in [3.63, 3.8) is 0 Å². The molecule has 0 spiro atoms. The van der Waals surface area contributed by atoms with E-state index in [2.05, 4.69) is 21.3 Å². The van der Waals surface area contributed by atoms with Gasteiger partial charge in [0, 0.05) is 12.7 Å². The van der Waals surface area contributed by atoms with Crippen LogP contribution in [0.1, 0.15) is 31.2 Å². The standard InChI is InChI=1S/C12H21N3/c1-13-7-3-6-12-8-14-15(10-12)9-11-4-2-5-11/h8,10-11,13H,2-7,9H2,1H3. The van der Waals surface area contributed by atoms with Crippen LogP contribution in [0.15, 0.2) is 12.4 Å². The fraction of sp³-hybridized carbons (Fsp3) is 0.750. The van der Waals surface area contributed by atoms with Gasteiger partial charge in [-0.05, 0) is 50.8 Å². The lowest BCUT2D eigenvalue weighted by atomic mass is 9.85. The van der Waals surface area contributed by atoms with Crippen LogP contribution in [0, 0.1) is 5.92 Å². The van der Waals surface area contributed by atoms with E-state index in [-0.39, 0.29) is 0 Å². The van der Waals surface area contributed by atoms with Crippen LogP contribution in [-0.4, -0.2) is 23.4 Å². The summed E-state index contributed by atoms with van der Waals surface area (Å²) < 4.78 is 2.12. The molecule has 0 aliphatic heterocycles. The second-order valence-electron chi connectivity index (χ2n) is 4.57. The SMILES string of the molecule is CNCCCc1cnn(CC2CCC2)c1. The largest absolute Gasteiger partial charge is 0.320 e. The number of nitrogens with one attached hydrogen (secondary N) is 1. The molecule has 0 radical (unpaired) electrons. The molecular weight excluding hydrogens is 186 g/mol. The summed E-state index contributed by atoms with van der Waals surface area (Å²) >= 11 is 0. The van der Waals surface area contributed by atoms with Crippen LogP contribution in [0.25, 0.3) is 0 Å². The van der Waals surface area contributed by atoms with E-state index >= 15 is 0 Å². The summed E-state index contributed by atoms with van der Waals surface area (Å²) in [5.74, 6) is 0.898. The molecule has 0 amide bonds. The molecule has 2 rings (SSSR count). The lowest BCUT2D eigenvalue weighted by molar-refractivity contribution is 0.266. The predicted molar refractivity (Wildman–Crippen MR) is 61.8 cm³/mol. The molecule has 1 aliphatic rings. The van der Waals surface area contributed by atoms with Crippen molar-refractivity contribution in [2.75, 3.05) is 13.6 Å². The van der Waals surface area contributed by atoms with Crippen LogP contribution in [-0.2, 0) is 13.0 Å². The van der Waals surface area contributed by atoms with Crippen LogP contribution in [0.3, 0.4) is 0 Å². The van der Waals surface area contributed by atoms with Crippen LogP contribution in [0.4, 0.5) is 0 Å². The second-order valence-corrected chi connectivity index (χ2v) is 4.57. The van der Waals surface area contributed by atoms with Crippen molar-refractivity contribution in [1.29, 1.82) is 0 Å². The molecule has 1 aliphatic carbocycles. The summed E-state index contributed by atoms with van der Waals surface area (Å²) in [5, 5.41) is 7.58. The molecule has 1 heterocycles. The highest BCUT2D eigenvalue weighted by molar-refractivity contribution is 5.04. The van der Waals surface area contributed by atoms with Crippen molar-refractivity contribution in [3.05, 3.63) is 18.0 Å². The normalized spacial score (nSPS) is 16.6. The maximum absolute atomic E-state index is 4.41. The molecule has 0 saturated heterocycles. The van der Waals surface area contributed by atoms with Crippen LogP contribution < -0.4 is 5.32 Å². The molecule has 0 aromatic carbocycles. The summed E-state index contributed by atoms with van der Waals surface area (Å²) in [7, 11) is 2.00. The van der Waals surface area contributed by atoms with Crippen molar-refractivity contribution >= 4 is 0 Å². The molecule has 0 unspecified atom stereocenters. The van der Waals surface area contributed by atoms with Gasteiger partial charge in [0.15, 0.2) is 0 Å². The number of nitrogens with zero attached hydrogens (tertiary/aromatic N) is 2. The number of hydrogen-bond donors (Lipinski definition) is 1. The van der Waals surface area contributed by atoms with Crippen LogP contribution in [0.2, 0.25) is 0 Å². The third-order valence-electron chi connectivity index (χ3n) is 3.25. The first kappa shape index (κ1) is 10.7. The third-order valence-corrected chi connectivity index (χ3v) is 3.25. The maximum atomic E-state index is 4.41. The highest BCUT2D eigenvalue weighted by atomic mass is 15.3. The van der Waals surface area contributed by atoms with Gasteiger partial charge in [-0.3, -0.25) is 4.68 Å². The molecule has 3 heteroatoms. The number of aromatic nitrogens is 2. The van der Waals surface area contributed by atoms with Crippen molar-refractivity contribution in [3.8, 4) is 0 Å². The Bertz CT molecular complexity index is 289. The molecule has 0 bridgehead atoms. The summed E-state index contributed by atoms with van der Waals surface area (Å²) in [5.41, 5.74) is 1.38. The highest BCUT2D eigenvalue weighted by Gasteiger charge is 2.17. The molecule has 1 aromatic heterocycles. The van der Waals surface area contributed by atoms with E-state index < -0.39 is 0 Å². The zero-order chi connectivity index (χ0) is 10.5. The molecule has 15 heavy (non-hydrogen) atoms. The Morgan fingerprint density at radius 2 is 2.40 bits per heavy atom. The van der Waals surface area contributed by atoms with Gasteiger partial charge in [-0.25, -0.2) is 0 Å². The molecule has 0 atom stereocenters. The fourth-order valence-electron chi connectivity index (χ4n) is 2.04. The topological polar surface area (TPSA) is 29.9 Å². The van der Waals surface area contributed by atoms with E-state index in [0.29, 0.717) is 0 Å². The van der Waals surface area contributed by atoms with E-state index in [4.69, 9.17) is 0 Å². The summed E-state index contributed by atoms with van der Waals surface area (Å²) in [4.78, 5) is 0. The minimum Gasteiger partial charge on any atom is -0.320 e. The third kappa shape index (κ3) is 3.06. The van der Waals surface area contributed by atoms with Gasteiger partial charge in [0.1, 0.15) is 0 Å². The average Bonchev–Trinajstić information content (AvgIpc) is 2.60. The molecule has 1 fully saturated rings. The van der Waals surface area contributed by atoms with Crippen molar-refractivity contribution in [1.82, 2.24) is 15.1 Å². The Kier molecular flexibility index (Phi) is 3.78. The number of hydrogen-bond acceptors (Lipinski definition) is 2. The van der Waals surface area contributed by atoms with E-state index in [1.54, 1.807) is 0 Å². The lowest BCUT2D eigenvalue weighted by Crippen LogP contribution is -2.18. The van der Waals surface area contributed by atoms with Gasteiger partial charge >= 0.3 is 0 Å². The average molecular weight is 207 g/mol. The molecule has 1 saturated carbocycles. The van der Waals surface area contributed by atoms with Crippen LogP contribution in [0.5, 0.6) is 0 Å². The van der Waals surface area contributed by atoms with E-state index in [9.17, 15) is 0 Å². The minimum absolute atomic E-state index is 0.898. The Balaban J connectivity index is 1.75. The summed E-state index contributed by atoms with van der Waals surface area (Å²) in [6.07, 6.45) is 10.8. The fourth-order valence-corrected chi connectivity index (χ4v) is 2.04. The van der Waals surface area contributed by atoms with Gasteiger partial charge in [0.2, 0.25) is 0 Å². The Hall–Kier alpha value is -0.830. The second kappa shape index (κ2) is 5.31. The molecule has 1 N–H and O–H groups in total. The summed E-state index contributed by atoms with van der Waals surface area (Å²) in [6.45, 7) is 2.22. The Morgan fingerprint density at radius 3 is 3.07 bits per heavy atom. The van der Waals surface area contributed by atoms with Gasteiger partial charge in [-0.15, -0.1) is 0 Å². The van der Waals surface area contributed by atoms with Gasteiger partial charge in [0.25, 0.3) is 0 Å². The number of rotatable bonds is 6. The van der Waals surface area contributed by atoms with Crippen molar-refractivity contribution < 1.29 is 0 Å². The van der Waals surface area contributed by atoms with Crippen molar-refractivity contribution in [2.24, 2.45) is 5.92 Å². The minimum atomic E-state index is 0.898. The zero-order valence-electron chi connectivity index (χ0n) is 9.58. The van der Waals surface area contributed by atoms with Gasteiger partial charge in [-0.1, -0.05) is 6.42 Å². The van der Waals surface area contributed by atoms with Crippen molar-refractivity contribution in [2.45, 2.75) is 38.6 Å². The first-order valence-electron chi connectivity index (χ1n) is 6.04. The predicted octanol–water partition coefficient (Wildman–Crippen LogP) is 1.84. The smallest absolute Gasteiger partial charge is 0.0521 e. The summed E-state index contributed by atoms with van der Waals surface area (Å²) in [6, 6.07) is 0. The quantitative estimate of drug-likeness (QED) is 0.721. The first-order chi connectivity index (χ1) is 7.38. The van der Waals surface area contributed by atoms with Crippen LogP contribution >= 0.6 is 0 Å². The van der Waals surface area contributed by atoms with Gasteiger partial charge < -0.3 is 5.32 Å². The number of aryl methyl sites for hydroxylation is 1. The van der Waals surface area contributed by atoms with E-state index in [0.717, 1.165) is 25.4 Å². The molecular formula is C12H21N3.